The summed E-state index contributed by atoms with van der Waals surface area (Å²) in [6, 6.07) is -0.662. The maximum atomic E-state index is 11.5. The number of urea groups is 1. The number of nitrogens with one attached hydrogen (secondary N) is 2. The molecule has 2 atom stereocenters. The van der Waals surface area contributed by atoms with Gasteiger partial charge in [0.2, 0.25) is 0 Å². The molecule has 2 amide bonds. The van der Waals surface area contributed by atoms with Crippen LogP contribution in [0, 0.1) is 17.8 Å². The molecule has 1 aliphatic rings. The summed E-state index contributed by atoms with van der Waals surface area (Å²) in [6.45, 7) is 2.08. The molecule has 17 heavy (non-hydrogen) atoms. The summed E-state index contributed by atoms with van der Waals surface area (Å²) < 4.78 is 0. The number of terminal acetylenes is 1. The van der Waals surface area contributed by atoms with Gasteiger partial charge in [-0.1, -0.05) is 6.42 Å². The van der Waals surface area contributed by atoms with E-state index >= 15 is 0 Å². The summed E-state index contributed by atoms with van der Waals surface area (Å²) in [5, 5.41) is 14.5. The predicted octanol–water partition coefficient (Wildman–Crippen LogP) is 0.952. The molecule has 94 valence electrons. The first-order chi connectivity index (χ1) is 8.00. The van der Waals surface area contributed by atoms with Crippen molar-refractivity contribution >= 4 is 12.0 Å². The molecule has 5 heteroatoms. The first-order valence-corrected chi connectivity index (χ1v) is 5.72. The Labute approximate surface area is 101 Å². The van der Waals surface area contributed by atoms with E-state index in [9.17, 15) is 14.7 Å². The molecule has 1 fully saturated rings. The topological polar surface area (TPSA) is 78.4 Å². The first-order valence-electron chi connectivity index (χ1n) is 5.72. The molecule has 0 aromatic heterocycles. The maximum Gasteiger partial charge on any atom is 0.315 e. The highest BCUT2D eigenvalue weighted by Crippen LogP contribution is 2.38. The van der Waals surface area contributed by atoms with Crippen LogP contribution < -0.4 is 10.6 Å². The molecule has 0 radical (unpaired) electrons. The van der Waals surface area contributed by atoms with Gasteiger partial charge in [0.05, 0.1) is 5.41 Å². The lowest BCUT2D eigenvalue weighted by Gasteiger charge is -2.27. The minimum atomic E-state index is -0.858. The zero-order chi connectivity index (χ0) is 12.9. The summed E-state index contributed by atoms with van der Waals surface area (Å²) in [7, 11) is 0. The second-order valence-electron chi connectivity index (χ2n) is 4.52. The van der Waals surface area contributed by atoms with E-state index < -0.39 is 11.4 Å². The molecule has 0 bridgehead atoms. The molecule has 2 unspecified atom stereocenters. The van der Waals surface area contributed by atoms with Crippen LogP contribution in [0.4, 0.5) is 4.79 Å². The van der Waals surface area contributed by atoms with Gasteiger partial charge in [-0.2, -0.15) is 0 Å². The fraction of sp³-hybridized carbons (Fsp3) is 0.667. The van der Waals surface area contributed by atoms with Crippen molar-refractivity contribution in [2.45, 2.75) is 38.6 Å². The van der Waals surface area contributed by atoms with E-state index in [0.29, 0.717) is 25.8 Å². The van der Waals surface area contributed by atoms with Crippen molar-refractivity contribution in [1.82, 2.24) is 10.6 Å². The van der Waals surface area contributed by atoms with E-state index in [1.807, 2.05) is 0 Å². The SMILES string of the molecule is C#CCCNC(=O)NC1CCCC1(C)C(=O)O. The molecule has 3 N–H and O–H groups in total. The molecule has 0 aromatic carbocycles. The first kappa shape index (κ1) is 13.4. The Bertz CT molecular complexity index is 348. The lowest BCUT2D eigenvalue weighted by Crippen LogP contribution is -2.50. The van der Waals surface area contributed by atoms with E-state index in [-0.39, 0.29) is 12.1 Å². The number of carboxylic acids is 1. The van der Waals surface area contributed by atoms with Crippen molar-refractivity contribution in [3.8, 4) is 12.3 Å². The number of hydrogen-bond donors (Lipinski definition) is 3. The second-order valence-corrected chi connectivity index (χ2v) is 4.52. The summed E-state index contributed by atoms with van der Waals surface area (Å²) in [5.74, 6) is 1.56. The van der Waals surface area contributed by atoms with Crippen molar-refractivity contribution in [3.63, 3.8) is 0 Å². The Morgan fingerprint density at radius 3 is 2.88 bits per heavy atom. The van der Waals surface area contributed by atoms with Crippen LogP contribution in [0.25, 0.3) is 0 Å². The monoisotopic (exact) mass is 238 g/mol. The van der Waals surface area contributed by atoms with Crippen LogP contribution in [0.15, 0.2) is 0 Å². The van der Waals surface area contributed by atoms with E-state index in [4.69, 9.17) is 6.42 Å². The highest BCUT2D eigenvalue weighted by atomic mass is 16.4. The summed E-state index contributed by atoms with van der Waals surface area (Å²) in [4.78, 5) is 22.7. The zero-order valence-corrected chi connectivity index (χ0v) is 9.95. The second kappa shape index (κ2) is 5.58. The highest BCUT2D eigenvalue weighted by Gasteiger charge is 2.45. The van der Waals surface area contributed by atoms with Crippen molar-refractivity contribution in [2.75, 3.05) is 6.54 Å². The molecule has 1 rings (SSSR count). The van der Waals surface area contributed by atoms with Crippen LogP contribution in [0.1, 0.15) is 32.6 Å². The molecule has 0 heterocycles. The Morgan fingerprint density at radius 1 is 1.59 bits per heavy atom. The average molecular weight is 238 g/mol. The number of amides is 2. The van der Waals surface area contributed by atoms with Crippen LogP contribution in [-0.4, -0.2) is 29.7 Å². The van der Waals surface area contributed by atoms with Crippen molar-refractivity contribution < 1.29 is 14.7 Å². The van der Waals surface area contributed by atoms with Crippen LogP contribution in [0.5, 0.6) is 0 Å². The summed E-state index contributed by atoms with van der Waals surface area (Å²) in [5.41, 5.74) is -0.858. The third kappa shape index (κ3) is 3.13. The van der Waals surface area contributed by atoms with Gasteiger partial charge in [0.1, 0.15) is 0 Å². The molecule has 0 aliphatic heterocycles. The van der Waals surface area contributed by atoms with E-state index in [0.717, 1.165) is 6.42 Å². The van der Waals surface area contributed by atoms with Crippen LogP contribution >= 0.6 is 0 Å². The van der Waals surface area contributed by atoms with Gasteiger partial charge < -0.3 is 15.7 Å². The Hall–Kier alpha value is -1.70. The lowest BCUT2D eigenvalue weighted by atomic mass is 9.85. The third-order valence-corrected chi connectivity index (χ3v) is 3.31. The fourth-order valence-electron chi connectivity index (χ4n) is 2.11. The fourth-order valence-corrected chi connectivity index (χ4v) is 2.11. The predicted molar refractivity (Wildman–Crippen MR) is 63.4 cm³/mol. The van der Waals surface area contributed by atoms with Gasteiger partial charge in [-0.25, -0.2) is 4.79 Å². The molecule has 0 aromatic rings. The molecule has 0 spiro atoms. The minimum absolute atomic E-state index is 0.314. The van der Waals surface area contributed by atoms with Crippen LogP contribution in [0.3, 0.4) is 0 Å². The number of carbonyl (C=O) groups is 2. The molecule has 0 saturated heterocycles. The minimum Gasteiger partial charge on any atom is -0.481 e. The summed E-state index contributed by atoms with van der Waals surface area (Å²) >= 11 is 0. The Kier molecular flexibility index (Phi) is 4.38. The molecule has 5 nitrogen and oxygen atoms in total. The molecular weight excluding hydrogens is 220 g/mol. The van der Waals surface area contributed by atoms with Crippen LogP contribution in [-0.2, 0) is 4.79 Å². The molecule has 1 saturated carbocycles. The smallest absolute Gasteiger partial charge is 0.315 e. The quantitative estimate of drug-likeness (QED) is 0.504. The Morgan fingerprint density at radius 2 is 2.29 bits per heavy atom. The largest absolute Gasteiger partial charge is 0.481 e. The standard InChI is InChI=1S/C12H18N2O3/c1-3-4-8-13-11(17)14-9-6-5-7-12(9,2)10(15)16/h1,9H,4-8H2,2H3,(H,15,16)(H2,13,14,17). The van der Waals surface area contributed by atoms with Gasteiger partial charge in [0, 0.05) is 19.0 Å². The normalized spacial score (nSPS) is 27.2. The Balaban J connectivity index is 2.48. The number of carboxylic acid groups (broad SMARTS) is 1. The van der Waals surface area contributed by atoms with Gasteiger partial charge in [0.25, 0.3) is 0 Å². The van der Waals surface area contributed by atoms with Crippen molar-refractivity contribution in [3.05, 3.63) is 0 Å². The van der Waals surface area contributed by atoms with Gasteiger partial charge in [-0.3, -0.25) is 4.79 Å². The van der Waals surface area contributed by atoms with Gasteiger partial charge in [-0.05, 0) is 19.8 Å². The molecule has 1 aliphatic carbocycles. The van der Waals surface area contributed by atoms with Gasteiger partial charge in [0.15, 0.2) is 0 Å². The average Bonchev–Trinajstić information content (AvgIpc) is 2.62. The number of carbonyl (C=O) groups excluding carboxylic acids is 1. The van der Waals surface area contributed by atoms with E-state index in [1.54, 1.807) is 6.92 Å². The number of hydrogen-bond acceptors (Lipinski definition) is 2. The maximum absolute atomic E-state index is 11.5. The highest BCUT2D eigenvalue weighted by molar-refractivity contribution is 5.79. The van der Waals surface area contributed by atoms with Crippen molar-refractivity contribution in [2.24, 2.45) is 5.41 Å². The van der Waals surface area contributed by atoms with E-state index in [2.05, 4.69) is 16.6 Å². The third-order valence-electron chi connectivity index (χ3n) is 3.31. The van der Waals surface area contributed by atoms with Gasteiger partial charge in [-0.15, -0.1) is 12.3 Å². The van der Waals surface area contributed by atoms with Crippen LogP contribution in [0.2, 0.25) is 0 Å². The molecular formula is C12H18N2O3. The van der Waals surface area contributed by atoms with Crippen molar-refractivity contribution in [1.29, 1.82) is 0 Å². The zero-order valence-electron chi connectivity index (χ0n) is 9.95. The van der Waals surface area contributed by atoms with E-state index in [1.165, 1.54) is 0 Å². The van der Waals surface area contributed by atoms with Gasteiger partial charge >= 0.3 is 12.0 Å². The number of aliphatic carboxylic acids is 1. The number of rotatable bonds is 4. The summed E-state index contributed by atoms with van der Waals surface area (Å²) in [6.07, 6.45) is 7.64. The lowest BCUT2D eigenvalue weighted by molar-refractivity contribution is -0.148.